The summed E-state index contributed by atoms with van der Waals surface area (Å²) in [5.41, 5.74) is 3.35. The van der Waals surface area contributed by atoms with Crippen LogP contribution in [0.25, 0.3) is 0 Å². The van der Waals surface area contributed by atoms with Crippen molar-refractivity contribution in [3.63, 3.8) is 0 Å². The van der Waals surface area contributed by atoms with Crippen molar-refractivity contribution in [2.24, 2.45) is 0 Å². The molecule has 8 heteroatoms. The zero-order chi connectivity index (χ0) is 19.2. The Labute approximate surface area is 194 Å². The zero-order valence-corrected chi connectivity index (χ0v) is 18.8. The molecule has 30 heavy (non-hydrogen) atoms. The predicted octanol–water partition coefficient (Wildman–Crippen LogP) is 4.70. The number of pyridine rings is 2. The third kappa shape index (κ3) is 6.30. The van der Waals surface area contributed by atoms with Crippen molar-refractivity contribution >= 4 is 36.4 Å². The van der Waals surface area contributed by atoms with Gasteiger partial charge in [0.25, 0.3) is 0 Å². The molecule has 0 bridgehead atoms. The second kappa shape index (κ2) is 12.1. The summed E-state index contributed by atoms with van der Waals surface area (Å²) in [4.78, 5) is 10.9. The Bertz CT molecular complexity index is 899. The van der Waals surface area contributed by atoms with Gasteiger partial charge in [-0.3, -0.25) is 14.9 Å². The van der Waals surface area contributed by atoms with Crippen molar-refractivity contribution in [2.75, 3.05) is 19.6 Å². The summed E-state index contributed by atoms with van der Waals surface area (Å²) in [7, 11) is 0. The van der Waals surface area contributed by atoms with Crippen LogP contribution in [0.4, 0.5) is 0 Å². The van der Waals surface area contributed by atoms with E-state index in [0.717, 1.165) is 48.1 Å². The van der Waals surface area contributed by atoms with E-state index in [1.54, 1.807) is 6.20 Å². The minimum Gasteiger partial charge on any atom is -0.489 e. The van der Waals surface area contributed by atoms with Crippen molar-refractivity contribution in [2.45, 2.75) is 19.2 Å². The molecule has 1 aromatic carbocycles. The number of piperazine rings is 1. The van der Waals surface area contributed by atoms with E-state index in [1.807, 2.05) is 55.0 Å². The summed E-state index contributed by atoms with van der Waals surface area (Å²) in [6.07, 6.45) is 7.35. The molecule has 0 spiro atoms. The molecule has 3 heterocycles. The van der Waals surface area contributed by atoms with E-state index in [4.69, 9.17) is 16.3 Å². The van der Waals surface area contributed by atoms with Gasteiger partial charge in [0.1, 0.15) is 12.4 Å². The van der Waals surface area contributed by atoms with Gasteiger partial charge in [-0.2, -0.15) is 0 Å². The Morgan fingerprint density at radius 3 is 2.60 bits per heavy atom. The number of aromatic nitrogens is 2. The lowest BCUT2D eigenvalue weighted by molar-refractivity contribution is 0.151. The summed E-state index contributed by atoms with van der Waals surface area (Å²) in [6, 6.07) is 14.2. The largest absolute Gasteiger partial charge is 0.489 e. The molecule has 1 atom stereocenters. The highest BCUT2D eigenvalue weighted by molar-refractivity contribution is 6.30. The van der Waals surface area contributed by atoms with Crippen LogP contribution < -0.4 is 10.1 Å². The molecule has 1 aliphatic heterocycles. The van der Waals surface area contributed by atoms with Crippen molar-refractivity contribution < 1.29 is 4.74 Å². The van der Waals surface area contributed by atoms with E-state index in [-0.39, 0.29) is 30.9 Å². The molecular formula is C22H25Cl3N4O. The first-order valence-electron chi connectivity index (χ1n) is 9.44. The smallest absolute Gasteiger partial charge is 0.124 e. The van der Waals surface area contributed by atoms with Gasteiger partial charge in [0.05, 0.1) is 0 Å². The third-order valence-electron chi connectivity index (χ3n) is 4.94. The molecule has 0 saturated carbocycles. The van der Waals surface area contributed by atoms with E-state index >= 15 is 0 Å². The average molecular weight is 468 g/mol. The fourth-order valence-electron chi connectivity index (χ4n) is 3.51. The number of hydrogen-bond donors (Lipinski definition) is 1. The predicted molar refractivity (Wildman–Crippen MR) is 125 cm³/mol. The van der Waals surface area contributed by atoms with Crippen LogP contribution in [0.2, 0.25) is 5.02 Å². The molecule has 0 aliphatic carbocycles. The Morgan fingerprint density at radius 2 is 1.87 bits per heavy atom. The van der Waals surface area contributed by atoms with Crippen LogP contribution in [0.5, 0.6) is 5.75 Å². The zero-order valence-electron chi connectivity index (χ0n) is 16.4. The maximum absolute atomic E-state index is 6.30. The van der Waals surface area contributed by atoms with Crippen molar-refractivity contribution in [1.29, 1.82) is 0 Å². The highest BCUT2D eigenvalue weighted by Crippen LogP contribution is 2.29. The number of benzene rings is 1. The third-order valence-corrected chi connectivity index (χ3v) is 5.17. The van der Waals surface area contributed by atoms with E-state index in [0.29, 0.717) is 6.61 Å². The van der Waals surface area contributed by atoms with Gasteiger partial charge in [-0.25, -0.2) is 0 Å². The molecule has 4 rings (SSSR count). The summed E-state index contributed by atoms with van der Waals surface area (Å²) < 4.78 is 6.11. The summed E-state index contributed by atoms with van der Waals surface area (Å²) in [5, 5.41) is 4.21. The SMILES string of the molecule is Cl.Cl.Clc1ccc(OCc2cccnc2)c(CN2CCNCC2c2cccnc2)c1. The number of ether oxygens (including phenoxy) is 1. The summed E-state index contributed by atoms with van der Waals surface area (Å²) in [5.74, 6) is 0.858. The van der Waals surface area contributed by atoms with Crippen molar-refractivity contribution in [1.82, 2.24) is 20.2 Å². The highest BCUT2D eigenvalue weighted by atomic mass is 35.5. The molecule has 2 aromatic heterocycles. The minimum atomic E-state index is 0. The molecule has 1 aliphatic rings. The standard InChI is InChI=1S/C22H23ClN4O.2ClH/c23-20-5-6-22(28-16-17-3-1-7-24-12-17)19(11-20)15-27-10-9-26-14-21(27)18-4-2-8-25-13-18;;/h1-8,11-13,21,26H,9-10,14-16H2;2*1H. The first kappa shape index (κ1) is 24.4. The molecule has 1 N–H and O–H groups in total. The lowest BCUT2D eigenvalue weighted by Gasteiger charge is -2.36. The molecular weight excluding hydrogens is 443 g/mol. The van der Waals surface area contributed by atoms with E-state index < -0.39 is 0 Å². The van der Waals surface area contributed by atoms with Gasteiger partial charge in [0, 0.05) is 73.2 Å². The molecule has 160 valence electrons. The molecule has 5 nitrogen and oxygen atoms in total. The molecule has 0 radical (unpaired) electrons. The number of nitrogens with one attached hydrogen (secondary N) is 1. The summed E-state index contributed by atoms with van der Waals surface area (Å²) in [6.45, 7) is 4.07. The maximum Gasteiger partial charge on any atom is 0.124 e. The monoisotopic (exact) mass is 466 g/mol. The van der Waals surface area contributed by atoms with Crippen LogP contribution in [-0.4, -0.2) is 34.5 Å². The normalized spacial score (nSPS) is 16.2. The first-order valence-corrected chi connectivity index (χ1v) is 9.82. The first-order chi connectivity index (χ1) is 13.8. The molecule has 3 aromatic rings. The van der Waals surface area contributed by atoms with Crippen LogP contribution >= 0.6 is 36.4 Å². The van der Waals surface area contributed by atoms with E-state index in [2.05, 4.69) is 26.3 Å². The van der Waals surface area contributed by atoms with Crippen LogP contribution in [0.3, 0.4) is 0 Å². The number of rotatable bonds is 6. The van der Waals surface area contributed by atoms with E-state index in [1.165, 1.54) is 5.56 Å². The van der Waals surface area contributed by atoms with Gasteiger partial charge in [-0.15, -0.1) is 24.8 Å². The lowest BCUT2D eigenvalue weighted by Crippen LogP contribution is -2.45. The maximum atomic E-state index is 6.30. The molecule has 1 unspecified atom stereocenters. The highest BCUT2D eigenvalue weighted by Gasteiger charge is 2.25. The van der Waals surface area contributed by atoms with Gasteiger partial charge in [0.2, 0.25) is 0 Å². The Balaban J connectivity index is 0.00000160. The van der Waals surface area contributed by atoms with Gasteiger partial charge >= 0.3 is 0 Å². The molecule has 1 saturated heterocycles. The van der Waals surface area contributed by atoms with Crippen molar-refractivity contribution in [3.8, 4) is 5.75 Å². The number of halogens is 3. The lowest BCUT2D eigenvalue weighted by atomic mass is 10.0. The van der Waals surface area contributed by atoms with Crippen LogP contribution in [0, 0.1) is 0 Å². The van der Waals surface area contributed by atoms with Crippen LogP contribution in [0.1, 0.15) is 22.7 Å². The van der Waals surface area contributed by atoms with Gasteiger partial charge in [-0.05, 0) is 35.9 Å². The van der Waals surface area contributed by atoms with Crippen LogP contribution in [-0.2, 0) is 13.2 Å². The van der Waals surface area contributed by atoms with Crippen LogP contribution in [0.15, 0.2) is 67.3 Å². The number of nitrogens with zero attached hydrogens (tertiary/aromatic N) is 3. The van der Waals surface area contributed by atoms with Gasteiger partial charge in [0.15, 0.2) is 0 Å². The quantitative estimate of drug-likeness (QED) is 0.569. The van der Waals surface area contributed by atoms with Crippen molar-refractivity contribution in [3.05, 3.63) is 89.0 Å². The van der Waals surface area contributed by atoms with E-state index in [9.17, 15) is 0 Å². The number of hydrogen-bond acceptors (Lipinski definition) is 5. The Morgan fingerprint density at radius 1 is 1.07 bits per heavy atom. The Kier molecular flexibility index (Phi) is 9.82. The fourth-order valence-corrected chi connectivity index (χ4v) is 3.71. The summed E-state index contributed by atoms with van der Waals surface area (Å²) >= 11 is 6.30. The Hall–Kier alpha value is -1.89. The minimum absolute atomic E-state index is 0. The second-order valence-corrected chi connectivity index (χ2v) is 7.32. The molecule has 0 amide bonds. The average Bonchev–Trinajstić information content (AvgIpc) is 2.75. The fraction of sp³-hybridized carbons (Fsp3) is 0.273. The molecule has 1 fully saturated rings. The second-order valence-electron chi connectivity index (χ2n) is 6.88. The van der Waals surface area contributed by atoms with Gasteiger partial charge in [-0.1, -0.05) is 23.7 Å². The topological polar surface area (TPSA) is 50.3 Å². The van der Waals surface area contributed by atoms with Gasteiger partial charge < -0.3 is 10.1 Å².